The van der Waals surface area contributed by atoms with E-state index in [4.69, 9.17) is 0 Å². The molecule has 1 saturated heterocycles. The number of para-hydroxylation sites is 1. The fourth-order valence-electron chi connectivity index (χ4n) is 5.68. The molecule has 2 fully saturated rings. The lowest BCUT2D eigenvalue weighted by molar-refractivity contribution is -0.168. The Bertz CT molecular complexity index is 925. The first-order valence-corrected chi connectivity index (χ1v) is 10.8. The van der Waals surface area contributed by atoms with Crippen molar-refractivity contribution in [2.24, 2.45) is 0 Å². The van der Waals surface area contributed by atoms with E-state index in [1.54, 1.807) is 0 Å². The van der Waals surface area contributed by atoms with Crippen LogP contribution in [-0.4, -0.2) is 45.7 Å². The summed E-state index contributed by atoms with van der Waals surface area (Å²) in [7, 11) is 0. The number of aromatic amines is 1. The second kappa shape index (κ2) is 6.64. The van der Waals surface area contributed by atoms with Crippen molar-refractivity contribution in [1.82, 2.24) is 14.8 Å². The second-order valence-corrected chi connectivity index (χ2v) is 8.82. The highest BCUT2D eigenvalue weighted by Crippen LogP contribution is 2.43. The molecule has 2 aromatic rings. The van der Waals surface area contributed by atoms with Crippen LogP contribution in [0.25, 0.3) is 10.9 Å². The number of hydrogen-bond acceptors (Lipinski definition) is 2. The van der Waals surface area contributed by atoms with Gasteiger partial charge in [-0.25, -0.2) is 0 Å². The highest BCUT2D eigenvalue weighted by Gasteiger charge is 2.55. The Balaban J connectivity index is 1.57. The van der Waals surface area contributed by atoms with E-state index in [1.807, 2.05) is 28.9 Å². The summed E-state index contributed by atoms with van der Waals surface area (Å²) in [6.45, 7) is 2.82. The van der Waals surface area contributed by atoms with Crippen LogP contribution in [0.1, 0.15) is 63.1 Å². The first kappa shape index (κ1) is 17.8. The van der Waals surface area contributed by atoms with Crippen LogP contribution in [0.4, 0.5) is 0 Å². The van der Waals surface area contributed by atoms with Crippen molar-refractivity contribution in [2.45, 2.75) is 69.9 Å². The van der Waals surface area contributed by atoms with E-state index in [1.165, 1.54) is 30.2 Å². The third-order valence-electron chi connectivity index (χ3n) is 7.23. The number of nitrogens with zero attached hydrogens (tertiary/aromatic N) is 2. The van der Waals surface area contributed by atoms with Gasteiger partial charge in [-0.15, -0.1) is 0 Å². The lowest BCUT2D eigenvalue weighted by Gasteiger charge is -2.51. The van der Waals surface area contributed by atoms with E-state index < -0.39 is 5.54 Å². The van der Waals surface area contributed by atoms with E-state index in [2.05, 4.69) is 17.1 Å². The maximum Gasteiger partial charge on any atom is 0.255 e. The van der Waals surface area contributed by atoms with Crippen molar-refractivity contribution < 1.29 is 9.59 Å². The molecule has 0 unspecified atom stereocenters. The lowest BCUT2D eigenvalue weighted by atomic mass is 9.82. The van der Waals surface area contributed by atoms with Gasteiger partial charge in [0.05, 0.1) is 5.69 Å². The first-order valence-electron chi connectivity index (χ1n) is 10.8. The number of carbonyl (C=O) groups is 2. The van der Waals surface area contributed by atoms with Crippen molar-refractivity contribution in [3.8, 4) is 0 Å². The molecule has 3 aliphatic rings. The highest BCUT2D eigenvalue weighted by atomic mass is 16.2. The normalized spacial score (nSPS) is 26.8. The topological polar surface area (TPSA) is 56.4 Å². The third kappa shape index (κ3) is 2.51. The molecule has 0 radical (unpaired) electrons. The fraction of sp³-hybridized carbons (Fsp3) is 0.565. The van der Waals surface area contributed by atoms with Gasteiger partial charge in [-0.05, 0) is 37.8 Å². The summed E-state index contributed by atoms with van der Waals surface area (Å²) in [5.74, 6) is 0.193. The first-order chi connectivity index (χ1) is 13.6. The molecule has 28 heavy (non-hydrogen) atoms. The Morgan fingerprint density at radius 3 is 2.54 bits per heavy atom. The zero-order valence-corrected chi connectivity index (χ0v) is 16.7. The number of benzene rings is 1. The van der Waals surface area contributed by atoms with Crippen molar-refractivity contribution in [2.75, 3.05) is 13.1 Å². The minimum atomic E-state index is -0.912. The van der Waals surface area contributed by atoms with Crippen LogP contribution in [0.15, 0.2) is 24.3 Å². The SMILES string of the molecule is C[C@]12C(=O)N(C3CCCCCCC3)CC(=O)N1CCc1c2[nH]c2ccccc12. The van der Waals surface area contributed by atoms with Crippen LogP contribution in [0.3, 0.4) is 0 Å². The molecule has 1 aliphatic carbocycles. The van der Waals surface area contributed by atoms with Crippen LogP contribution in [0, 0.1) is 0 Å². The van der Waals surface area contributed by atoms with E-state index in [9.17, 15) is 9.59 Å². The third-order valence-corrected chi connectivity index (χ3v) is 7.23. The van der Waals surface area contributed by atoms with E-state index >= 15 is 0 Å². The van der Waals surface area contributed by atoms with Gasteiger partial charge in [0.15, 0.2) is 5.54 Å². The quantitative estimate of drug-likeness (QED) is 0.821. The average molecular weight is 380 g/mol. The van der Waals surface area contributed by atoms with Crippen molar-refractivity contribution in [1.29, 1.82) is 0 Å². The molecule has 0 spiro atoms. The summed E-state index contributed by atoms with van der Waals surface area (Å²) in [5, 5.41) is 1.18. The van der Waals surface area contributed by atoms with E-state index in [0.717, 1.165) is 43.3 Å². The molecule has 3 heterocycles. The van der Waals surface area contributed by atoms with Crippen LogP contribution in [0.5, 0.6) is 0 Å². The zero-order chi connectivity index (χ0) is 19.3. The zero-order valence-electron chi connectivity index (χ0n) is 16.7. The number of nitrogens with one attached hydrogen (secondary N) is 1. The van der Waals surface area contributed by atoms with Crippen LogP contribution < -0.4 is 0 Å². The fourth-order valence-corrected chi connectivity index (χ4v) is 5.68. The Morgan fingerprint density at radius 2 is 1.75 bits per heavy atom. The van der Waals surface area contributed by atoms with Gasteiger partial charge in [-0.1, -0.05) is 50.3 Å². The molecule has 1 atom stereocenters. The number of hydrogen-bond donors (Lipinski definition) is 1. The smallest absolute Gasteiger partial charge is 0.255 e. The van der Waals surface area contributed by atoms with Gasteiger partial charge in [-0.2, -0.15) is 0 Å². The average Bonchev–Trinajstić information content (AvgIpc) is 3.05. The molecule has 0 bridgehead atoms. The number of aromatic nitrogens is 1. The molecule has 1 saturated carbocycles. The molecule has 1 aromatic heterocycles. The summed E-state index contributed by atoms with van der Waals surface area (Å²) in [6.07, 6.45) is 8.93. The number of H-pyrrole nitrogens is 1. The molecular weight excluding hydrogens is 350 g/mol. The summed E-state index contributed by atoms with van der Waals surface area (Å²) < 4.78 is 0. The van der Waals surface area contributed by atoms with Gasteiger partial charge in [0.1, 0.15) is 6.54 Å². The van der Waals surface area contributed by atoms with E-state index in [-0.39, 0.29) is 24.4 Å². The molecule has 148 valence electrons. The van der Waals surface area contributed by atoms with Gasteiger partial charge in [0, 0.05) is 23.5 Å². The van der Waals surface area contributed by atoms with E-state index in [0.29, 0.717) is 6.54 Å². The minimum absolute atomic E-state index is 0.0912. The Hall–Kier alpha value is -2.30. The second-order valence-electron chi connectivity index (χ2n) is 8.82. The summed E-state index contributed by atoms with van der Waals surface area (Å²) >= 11 is 0. The molecule has 2 aliphatic heterocycles. The molecule has 2 amide bonds. The minimum Gasteiger partial charge on any atom is -0.356 e. The van der Waals surface area contributed by atoms with Gasteiger partial charge >= 0.3 is 0 Å². The van der Waals surface area contributed by atoms with Crippen LogP contribution in [-0.2, 0) is 21.5 Å². The number of rotatable bonds is 1. The molecule has 5 heteroatoms. The number of amides is 2. The molecule has 1 aromatic carbocycles. The number of carbonyl (C=O) groups excluding carboxylic acids is 2. The maximum absolute atomic E-state index is 13.9. The predicted molar refractivity (Wildman–Crippen MR) is 109 cm³/mol. The van der Waals surface area contributed by atoms with Crippen molar-refractivity contribution in [3.63, 3.8) is 0 Å². The monoisotopic (exact) mass is 379 g/mol. The Morgan fingerprint density at radius 1 is 1.04 bits per heavy atom. The predicted octanol–water partition coefficient (Wildman–Crippen LogP) is 3.72. The summed E-state index contributed by atoms with van der Waals surface area (Å²) in [4.78, 5) is 34.3. The molecule has 5 rings (SSSR count). The maximum atomic E-state index is 13.9. The molecule has 1 N–H and O–H groups in total. The lowest BCUT2D eigenvalue weighted by Crippen LogP contribution is -2.68. The van der Waals surface area contributed by atoms with Gasteiger partial charge in [0.2, 0.25) is 5.91 Å². The number of piperazine rings is 1. The largest absolute Gasteiger partial charge is 0.356 e. The van der Waals surface area contributed by atoms with Crippen molar-refractivity contribution in [3.05, 3.63) is 35.5 Å². The van der Waals surface area contributed by atoms with Gasteiger partial charge < -0.3 is 14.8 Å². The Labute approximate surface area is 166 Å². The van der Waals surface area contributed by atoms with Crippen LogP contribution in [0.2, 0.25) is 0 Å². The van der Waals surface area contributed by atoms with Gasteiger partial charge in [-0.3, -0.25) is 9.59 Å². The highest BCUT2D eigenvalue weighted by molar-refractivity contribution is 6.00. The van der Waals surface area contributed by atoms with Gasteiger partial charge in [0.25, 0.3) is 5.91 Å². The molecular formula is C23H29N3O2. The summed E-state index contributed by atoms with van der Waals surface area (Å²) in [6, 6.07) is 8.43. The van der Waals surface area contributed by atoms with Crippen LogP contribution >= 0.6 is 0 Å². The Kier molecular flexibility index (Phi) is 4.22. The summed E-state index contributed by atoms with van der Waals surface area (Å²) in [5.41, 5.74) is 2.27. The number of fused-ring (bicyclic) bond motifs is 5. The van der Waals surface area contributed by atoms with Crippen molar-refractivity contribution >= 4 is 22.7 Å². The standard InChI is InChI=1S/C23H29N3O2/c1-23-21-18(17-11-7-8-12-19(17)24-21)13-14-26(23)20(27)15-25(22(23)28)16-9-5-3-2-4-6-10-16/h7-8,11-12,16,24H,2-6,9-10,13-15H2,1H3/t23-/m0/s1. The molecule has 5 nitrogen and oxygen atoms in total.